The van der Waals surface area contributed by atoms with Gasteiger partial charge in [-0.2, -0.15) is 0 Å². The van der Waals surface area contributed by atoms with Gasteiger partial charge in [0.25, 0.3) is 0 Å². The van der Waals surface area contributed by atoms with Crippen molar-refractivity contribution in [2.45, 2.75) is 20.7 Å². The van der Waals surface area contributed by atoms with Crippen molar-refractivity contribution in [3.05, 3.63) is 0 Å². The summed E-state index contributed by atoms with van der Waals surface area (Å²) in [6.45, 7) is 1.90. The molecule has 2 radical (unpaired) electrons. The molecule has 0 aromatic carbocycles. The van der Waals surface area contributed by atoms with E-state index in [1.54, 1.807) is 0 Å². The fourth-order valence-electron chi connectivity index (χ4n) is 0. The standard InChI is InChI=1S/C2H5B.CH4/c1-2-3;/h2H2,1H3;1H4. The van der Waals surface area contributed by atoms with Crippen molar-refractivity contribution in [2.24, 2.45) is 0 Å². The maximum atomic E-state index is 4.85. The summed E-state index contributed by atoms with van der Waals surface area (Å²) in [7, 11) is 4.85. The Morgan fingerprint density at radius 3 is 1.75 bits per heavy atom. The normalized spacial score (nSPS) is 4.25. The van der Waals surface area contributed by atoms with Gasteiger partial charge in [0.15, 0.2) is 0 Å². The third kappa shape index (κ3) is 555. The second-order valence-electron chi connectivity index (χ2n) is 0.408. The summed E-state index contributed by atoms with van der Waals surface area (Å²) < 4.78 is 0. The zero-order chi connectivity index (χ0) is 2.71. The van der Waals surface area contributed by atoms with E-state index in [4.69, 9.17) is 7.85 Å². The van der Waals surface area contributed by atoms with Gasteiger partial charge in [-0.3, -0.25) is 0 Å². The lowest BCUT2D eigenvalue weighted by molar-refractivity contribution is 1.48. The highest BCUT2D eigenvalue weighted by Gasteiger charge is 1.37. The van der Waals surface area contributed by atoms with Crippen LogP contribution in [0.25, 0.3) is 0 Å². The second kappa shape index (κ2) is 11.5. The molecule has 0 heterocycles. The van der Waals surface area contributed by atoms with Gasteiger partial charge in [0.05, 0.1) is 7.85 Å². The Morgan fingerprint density at radius 2 is 1.75 bits per heavy atom. The lowest BCUT2D eigenvalue weighted by Gasteiger charge is -1.46. The highest BCUT2D eigenvalue weighted by Crippen LogP contribution is 1.49. The summed E-state index contributed by atoms with van der Waals surface area (Å²) in [4.78, 5) is 0. The first-order chi connectivity index (χ1) is 1.41. The Morgan fingerprint density at radius 1 is 1.75 bits per heavy atom. The molecule has 0 fully saturated rings. The summed E-state index contributed by atoms with van der Waals surface area (Å²) in [6.07, 6.45) is 0.750. The molecule has 4 heavy (non-hydrogen) atoms. The molecular weight excluding hydrogens is 46.8 g/mol. The van der Waals surface area contributed by atoms with Crippen LogP contribution in [0, 0.1) is 0 Å². The highest BCUT2D eigenvalue weighted by molar-refractivity contribution is 6.08. The average Bonchev–Trinajstić information content (AvgIpc) is 0.918. The molecule has 0 spiro atoms. The van der Waals surface area contributed by atoms with Crippen molar-refractivity contribution in [3.63, 3.8) is 0 Å². The summed E-state index contributed by atoms with van der Waals surface area (Å²) in [6, 6.07) is 0. The molecule has 24 valence electrons. The Balaban J connectivity index is 0. The van der Waals surface area contributed by atoms with E-state index >= 15 is 0 Å². The fourth-order valence-corrected chi connectivity index (χ4v) is 0. The largest absolute Gasteiger partial charge is 0.0915 e. The van der Waals surface area contributed by atoms with E-state index in [9.17, 15) is 0 Å². The molecule has 0 atom stereocenters. The van der Waals surface area contributed by atoms with Crippen molar-refractivity contribution in [1.82, 2.24) is 0 Å². The van der Waals surface area contributed by atoms with Crippen molar-refractivity contribution in [3.8, 4) is 0 Å². The maximum absolute atomic E-state index is 4.85. The molecule has 0 aromatic heterocycles. The number of rotatable bonds is 0. The molecule has 0 N–H and O–H groups in total. The van der Waals surface area contributed by atoms with Gasteiger partial charge in [-0.05, 0) is 0 Å². The highest BCUT2D eigenvalue weighted by atomic mass is 13.2. The molecule has 0 aliphatic rings. The molecule has 0 bridgehead atoms. The van der Waals surface area contributed by atoms with E-state index in [0.717, 1.165) is 6.32 Å². The predicted molar refractivity (Wildman–Crippen MR) is 23.0 cm³/mol. The quantitative estimate of drug-likeness (QED) is 0.366. The first-order valence-corrected chi connectivity index (χ1v) is 1.12. The minimum atomic E-state index is 0. The van der Waals surface area contributed by atoms with E-state index in [-0.39, 0.29) is 7.43 Å². The lowest BCUT2D eigenvalue weighted by Crippen LogP contribution is -1.41. The van der Waals surface area contributed by atoms with Gasteiger partial charge in [-0.1, -0.05) is 20.7 Å². The van der Waals surface area contributed by atoms with Crippen molar-refractivity contribution in [1.29, 1.82) is 0 Å². The van der Waals surface area contributed by atoms with Crippen LogP contribution < -0.4 is 0 Å². The van der Waals surface area contributed by atoms with E-state index in [1.165, 1.54) is 0 Å². The molecule has 0 saturated carbocycles. The smallest absolute Gasteiger partial charge is 0.0649 e. The molecule has 0 aromatic rings. The van der Waals surface area contributed by atoms with Crippen LogP contribution in [0.3, 0.4) is 0 Å². The van der Waals surface area contributed by atoms with E-state index in [2.05, 4.69) is 0 Å². The number of hydrogen-bond acceptors (Lipinski definition) is 0. The van der Waals surface area contributed by atoms with Crippen LogP contribution in [0.1, 0.15) is 14.4 Å². The van der Waals surface area contributed by atoms with Gasteiger partial charge >= 0.3 is 0 Å². The van der Waals surface area contributed by atoms with Crippen LogP contribution in [0.2, 0.25) is 6.32 Å². The minimum absolute atomic E-state index is 0. The summed E-state index contributed by atoms with van der Waals surface area (Å²) in [5.74, 6) is 0. The van der Waals surface area contributed by atoms with E-state index in [1.807, 2.05) is 6.92 Å². The van der Waals surface area contributed by atoms with Crippen LogP contribution >= 0.6 is 0 Å². The van der Waals surface area contributed by atoms with Crippen LogP contribution in [-0.4, -0.2) is 7.85 Å². The van der Waals surface area contributed by atoms with Crippen molar-refractivity contribution >= 4 is 7.85 Å². The molecule has 0 amide bonds. The molecule has 1 heteroatoms. The minimum Gasteiger partial charge on any atom is -0.0915 e. The van der Waals surface area contributed by atoms with Crippen LogP contribution in [0.15, 0.2) is 0 Å². The van der Waals surface area contributed by atoms with Crippen LogP contribution in [0.4, 0.5) is 0 Å². The van der Waals surface area contributed by atoms with Gasteiger partial charge in [0.2, 0.25) is 0 Å². The Kier molecular flexibility index (Phi) is 25.8. The molecule has 0 unspecified atom stereocenters. The van der Waals surface area contributed by atoms with Gasteiger partial charge < -0.3 is 0 Å². The molecule has 0 aliphatic heterocycles. The molecule has 0 saturated heterocycles. The SMILES string of the molecule is C.[B]CC. The lowest BCUT2D eigenvalue weighted by atomic mass is 10.1. The Bertz CT molecular complexity index is 3.25. The number of hydrogen-bond donors (Lipinski definition) is 0. The van der Waals surface area contributed by atoms with Crippen molar-refractivity contribution < 1.29 is 0 Å². The topological polar surface area (TPSA) is 0 Å². The average molecular weight is 55.9 g/mol. The van der Waals surface area contributed by atoms with Gasteiger partial charge in [0.1, 0.15) is 0 Å². The Hall–Kier alpha value is 0.0649. The van der Waals surface area contributed by atoms with E-state index < -0.39 is 0 Å². The second-order valence-corrected chi connectivity index (χ2v) is 0.408. The Labute approximate surface area is 29.6 Å². The summed E-state index contributed by atoms with van der Waals surface area (Å²) in [5.41, 5.74) is 0. The van der Waals surface area contributed by atoms with Crippen LogP contribution in [0.5, 0.6) is 0 Å². The molecule has 0 nitrogen and oxygen atoms in total. The van der Waals surface area contributed by atoms with Gasteiger partial charge in [-0.15, -0.1) is 0 Å². The third-order valence-corrected chi connectivity index (χ3v) is 0. The maximum Gasteiger partial charge on any atom is 0.0649 e. The third-order valence-electron chi connectivity index (χ3n) is 0. The van der Waals surface area contributed by atoms with Gasteiger partial charge in [-0.25, -0.2) is 0 Å². The monoisotopic (exact) mass is 56.1 g/mol. The molecule has 0 rings (SSSR count). The summed E-state index contributed by atoms with van der Waals surface area (Å²) in [5, 5.41) is 0. The fraction of sp³-hybridized carbons (Fsp3) is 1.00. The summed E-state index contributed by atoms with van der Waals surface area (Å²) >= 11 is 0. The van der Waals surface area contributed by atoms with E-state index in [0.29, 0.717) is 0 Å². The van der Waals surface area contributed by atoms with Gasteiger partial charge in [0, 0.05) is 0 Å². The molecular formula is C3H9B. The first-order valence-electron chi connectivity index (χ1n) is 1.12. The van der Waals surface area contributed by atoms with Crippen molar-refractivity contribution in [2.75, 3.05) is 0 Å². The first kappa shape index (κ1) is 8.96. The zero-order valence-electron chi connectivity index (χ0n) is 2.28. The zero-order valence-corrected chi connectivity index (χ0v) is 2.28. The predicted octanol–water partition coefficient (Wildman–Crippen LogP) is 1.23. The van der Waals surface area contributed by atoms with Crippen LogP contribution in [-0.2, 0) is 0 Å². The molecule has 0 aliphatic carbocycles.